The molecule has 0 amide bonds. The fraction of sp³-hybridized carbons (Fsp3) is 0.105. The summed E-state index contributed by atoms with van der Waals surface area (Å²) in [6.07, 6.45) is 1.93. The van der Waals surface area contributed by atoms with E-state index in [0.29, 0.717) is 0 Å². The minimum Gasteiger partial charge on any atom is -0.252 e. The molecule has 0 aliphatic carbocycles. The lowest BCUT2D eigenvalue weighted by atomic mass is 9.86. The third-order valence-electron chi connectivity index (χ3n) is 8.23. The van der Waals surface area contributed by atoms with E-state index in [9.17, 15) is 0 Å². The number of fused-ring (bicyclic) bond motifs is 9. The van der Waals surface area contributed by atoms with Crippen molar-refractivity contribution in [1.29, 1.82) is 0 Å². The number of thiophene rings is 1. The Balaban J connectivity index is 1.32. The highest BCUT2D eigenvalue weighted by molar-refractivity contribution is 7.26. The topological polar surface area (TPSA) is 25.8 Å². The van der Waals surface area contributed by atoms with Gasteiger partial charge in [0.1, 0.15) is 0 Å². The molecule has 3 heteroatoms. The maximum Gasteiger partial charge on any atom is 0.0979 e. The van der Waals surface area contributed by atoms with Crippen LogP contribution in [0.4, 0.5) is 0 Å². The number of aromatic nitrogens is 2. The van der Waals surface area contributed by atoms with Gasteiger partial charge in [0.15, 0.2) is 0 Å². The van der Waals surface area contributed by atoms with Crippen LogP contribution in [0.2, 0.25) is 0 Å². The standard InChI is InChI=1S/C38H28N2S/c1-38(2,3)32-20-10-19-31-30-18-9-17-25(36(30)41-37(31)32)23-11-8-12-24(21-23)33-22-39-34-28-15-6-4-13-26(28)27-14-5-7-16-29(27)35(34)40-33/h4-22H,1-3H3. The lowest BCUT2D eigenvalue weighted by Gasteiger charge is -2.19. The zero-order valence-electron chi connectivity index (χ0n) is 23.3. The van der Waals surface area contributed by atoms with Gasteiger partial charge in [-0.3, -0.25) is 4.98 Å². The van der Waals surface area contributed by atoms with Crippen molar-refractivity contribution in [2.75, 3.05) is 0 Å². The molecule has 6 aromatic carbocycles. The molecule has 0 radical (unpaired) electrons. The summed E-state index contributed by atoms with van der Waals surface area (Å²) in [6.45, 7) is 6.90. The number of hydrogen-bond acceptors (Lipinski definition) is 3. The number of benzene rings is 6. The molecule has 2 heterocycles. The van der Waals surface area contributed by atoms with E-state index in [4.69, 9.17) is 9.97 Å². The molecule has 0 aliphatic rings. The van der Waals surface area contributed by atoms with Gasteiger partial charge in [-0.05, 0) is 38.9 Å². The molecule has 0 unspecified atom stereocenters. The van der Waals surface area contributed by atoms with Gasteiger partial charge in [-0.25, -0.2) is 4.98 Å². The Hall–Kier alpha value is -4.60. The van der Waals surface area contributed by atoms with Crippen molar-refractivity contribution in [2.24, 2.45) is 0 Å². The molecular formula is C38H28N2S. The van der Waals surface area contributed by atoms with Crippen molar-refractivity contribution >= 4 is 64.1 Å². The molecule has 0 bridgehead atoms. The Kier molecular flexibility index (Phi) is 5.29. The first kappa shape index (κ1) is 24.2. The second-order valence-corrected chi connectivity index (χ2v) is 12.9. The molecule has 8 aromatic rings. The van der Waals surface area contributed by atoms with Gasteiger partial charge in [0.2, 0.25) is 0 Å². The lowest BCUT2D eigenvalue weighted by molar-refractivity contribution is 0.597. The summed E-state index contributed by atoms with van der Waals surface area (Å²) >= 11 is 1.91. The molecule has 0 fully saturated rings. The van der Waals surface area contributed by atoms with Gasteiger partial charge in [-0.15, -0.1) is 11.3 Å². The Morgan fingerprint density at radius 2 is 1.12 bits per heavy atom. The van der Waals surface area contributed by atoms with E-state index in [-0.39, 0.29) is 5.41 Å². The van der Waals surface area contributed by atoms with Crippen LogP contribution in [0.15, 0.2) is 115 Å². The van der Waals surface area contributed by atoms with Crippen molar-refractivity contribution in [3.8, 4) is 22.4 Å². The van der Waals surface area contributed by atoms with Gasteiger partial charge in [-0.1, -0.05) is 124 Å². The molecular weight excluding hydrogens is 516 g/mol. The minimum absolute atomic E-state index is 0.0880. The average Bonchev–Trinajstić information content (AvgIpc) is 3.39. The molecule has 2 nitrogen and oxygen atoms in total. The first-order chi connectivity index (χ1) is 20.0. The van der Waals surface area contributed by atoms with E-state index < -0.39 is 0 Å². The van der Waals surface area contributed by atoms with Gasteiger partial charge in [0, 0.05) is 36.5 Å². The van der Waals surface area contributed by atoms with Crippen LogP contribution in [0, 0.1) is 0 Å². The van der Waals surface area contributed by atoms with Crippen LogP contribution < -0.4 is 0 Å². The third kappa shape index (κ3) is 3.77. The second kappa shape index (κ2) is 8.95. The summed E-state index contributed by atoms with van der Waals surface area (Å²) in [5, 5.41) is 7.36. The smallest absolute Gasteiger partial charge is 0.0979 e. The van der Waals surface area contributed by atoms with E-state index in [1.54, 1.807) is 0 Å². The van der Waals surface area contributed by atoms with Crippen LogP contribution in [-0.4, -0.2) is 9.97 Å². The van der Waals surface area contributed by atoms with Gasteiger partial charge >= 0.3 is 0 Å². The van der Waals surface area contributed by atoms with E-state index in [0.717, 1.165) is 33.1 Å². The highest BCUT2D eigenvalue weighted by Gasteiger charge is 2.20. The quantitative estimate of drug-likeness (QED) is 0.202. The van der Waals surface area contributed by atoms with Crippen LogP contribution in [0.25, 0.3) is 75.1 Å². The number of nitrogens with zero attached hydrogens (tertiary/aromatic N) is 2. The zero-order chi connectivity index (χ0) is 27.7. The van der Waals surface area contributed by atoms with Crippen molar-refractivity contribution in [3.05, 3.63) is 121 Å². The molecule has 0 spiro atoms. The molecule has 196 valence electrons. The van der Waals surface area contributed by atoms with Gasteiger partial charge in [-0.2, -0.15) is 0 Å². The normalized spacial score (nSPS) is 12.3. The average molecular weight is 545 g/mol. The fourth-order valence-electron chi connectivity index (χ4n) is 6.25. The summed E-state index contributed by atoms with van der Waals surface area (Å²) in [4.78, 5) is 10.2. The fourth-order valence-corrected chi connectivity index (χ4v) is 7.81. The molecule has 2 aromatic heterocycles. The van der Waals surface area contributed by atoms with Crippen LogP contribution in [-0.2, 0) is 5.41 Å². The summed E-state index contributed by atoms with van der Waals surface area (Å²) in [7, 11) is 0. The predicted octanol–water partition coefficient (Wildman–Crippen LogP) is 10.9. The van der Waals surface area contributed by atoms with E-state index >= 15 is 0 Å². The SMILES string of the molecule is CC(C)(C)c1cccc2c1sc1c(-c3cccc(-c4cnc5c6ccccc6c6ccccc6c5n4)c3)cccc12. The summed E-state index contributed by atoms with van der Waals surface area (Å²) in [5.41, 5.74) is 7.80. The predicted molar refractivity (Wildman–Crippen MR) is 177 cm³/mol. The number of rotatable bonds is 2. The molecule has 0 aliphatic heterocycles. The van der Waals surface area contributed by atoms with Gasteiger partial charge in [0.25, 0.3) is 0 Å². The second-order valence-electron chi connectivity index (χ2n) is 11.8. The van der Waals surface area contributed by atoms with Crippen LogP contribution in [0.1, 0.15) is 26.3 Å². The highest BCUT2D eigenvalue weighted by Crippen LogP contribution is 2.44. The van der Waals surface area contributed by atoms with Crippen molar-refractivity contribution < 1.29 is 0 Å². The summed E-state index contributed by atoms with van der Waals surface area (Å²) in [6, 6.07) is 39.2. The lowest BCUT2D eigenvalue weighted by Crippen LogP contribution is -2.10. The van der Waals surface area contributed by atoms with Crippen molar-refractivity contribution in [1.82, 2.24) is 9.97 Å². The Bertz CT molecular complexity index is 2270. The Labute approximate surface area is 242 Å². The van der Waals surface area contributed by atoms with Gasteiger partial charge in [0.05, 0.1) is 22.9 Å². The molecule has 8 rings (SSSR count). The highest BCUT2D eigenvalue weighted by atomic mass is 32.1. The first-order valence-corrected chi connectivity index (χ1v) is 14.9. The maximum absolute atomic E-state index is 5.23. The zero-order valence-corrected chi connectivity index (χ0v) is 24.1. The number of hydrogen-bond donors (Lipinski definition) is 0. The maximum atomic E-state index is 5.23. The van der Waals surface area contributed by atoms with Gasteiger partial charge < -0.3 is 0 Å². The minimum atomic E-state index is 0.0880. The van der Waals surface area contributed by atoms with Crippen LogP contribution in [0.5, 0.6) is 0 Å². The van der Waals surface area contributed by atoms with E-state index in [2.05, 4.69) is 130 Å². The van der Waals surface area contributed by atoms with E-state index in [1.807, 2.05) is 17.5 Å². The molecule has 41 heavy (non-hydrogen) atoms. The van der Waals surface area contributed by atoms with Crippen LogP contribution in [0.3, 0.4) is 0 Å². The molecule has 0 atom stereocenters. The third-order valence-corrected chi connectivity index (χ3v) is 9.52. The van der Waals surface area contributed by atoms with Crippen molar-refractivity contribution in [2.45, 2.75) is 26.2 Å². The molecule has 0 N–H and O–H groups in total. The molecule has 0 saturated heterocycles. The Morgan fingerprint density at radius 1 is 0.537 bits per heavy atom. The summed E-state index contributed by atoms with van der Waals surface area (Å²) < 4.78 is 2.72. The largest absolute Gasteiger partial charge is 0.252 e. The summed E-state index contributed by atoms with van der Waals surface area (Å²) in [5.74, 6) is 0. The van der Waals surface area contributed by atoms with Crippen molar-refractivity contribution in [3.63, 3.8) is 0 Å². The monoisotopic (exact) mass is 544 g/mol. The van der Waals surface area contributed by atoms with E-state index in [1.165, 1.54) is 47.6 Å². The van der Waals surface area contributed by atoms with Crippen LogP contribution >= 0.6 is 11.3 Å². The first-order valence-electron chi connectivity index (χ1n) is 14.1. The molecule has 0 saturated carbocycles. The Morgan fingerprint density at radius 3 is 1.85 bits per heavy atom.